The van der Waals surface area contributed by atoms with Gasteiger partial charge in [0.1, 0.15) is 17.3 Å². The largest absolute Gasteiger partial charge is 0.480 e. The lowest BCUT2D eigenvalue weighted by molar-refractivity contribution is 0.391. The van der Waals surface area contributed by atoms with Crippen LogP contribution in [0.5, 0.6) is 5.88 Å². The van der Waals surface area contributed by atoms with E-state index in [0.29, 0.717) is 18.7 Å². The van der Waals surface area contributed by atoms with E-state index in [1.807, 2.05) is 49.0 Å². The molecule has 0 aliphatic carbocycles. The molecular weight excluding hydrogens is 330 g/mol. The molecule has 0 atom stereocenters. The number of nitrogens with zero attached hydrogens (tertiary/aromatic N) is 7. The quantitative estimate of drug-likeness (QED) is 0.548. The molecule has 3 aromatic heterocycles. The Hall–Kier alpha value is -3.29. The molecule has 0 saturated carbocycles. The molecule has 4 rings (SSSR count). The van der Waals surface area contributed by atoms with E-state index in [2.05, 4.69) is 20.2 Å². The van der Waals surface area contributed by atoms with E-state index in [0.717, 1.165) is 34.2 Å². The maximum atomic E-state index is 5.44. The van der Waals surface area contributed by atoms with Gasteiger partial charge in [-0.25, -0.2) is 15.0 Å². The Labute approximate surface area is 150 Å². The summed E-state index contributed by atoms with van der Waals surface area (Å²) >= 11 is 0. The first-order valence-corrected chi connectivity index (χ1v) is 8.36. The highest BCUT2D eigenvalue weighted by atomic mass is 16.5. The number of ether oxygens (including phenoxy) is 1. The van der Waals surface area contributed by atoms with Gasteiger partial charge in [-0.05, 0) is 19.1 Å². The van der Waals surface area contributed by atoms with Crippen LogP contribution < -0.4 is 4.74 Å². The average molecular weight is 349 g/mol. The summed E-state index contributed by atoms with van der Waals surface area (Å²) in [5.74, 6) is 2.99. The molecule has 0 aliphatic rings. The van der Waals surface area contributed by atoms with Crippen LogP contribution in [0.2, 0.25) is 0 Å². The smallest absolute Gasteiger partial charge is 0.235 e. The number of fused-ring (bicyclic) bond motifs is 1. The average Bonchev–Trinajstić information content (AvgIpc) is 3.23. The number of methoxy groups -OCH3 is 1. The summed E-state index contributed by atoms with van der Waals surface area (Å²) in [6.45, 7) is 1.88. The number of para-hydroxylation sites is 2. The second kappa shape index (κ2) is 6.55. The highest BCUT2D eigenvalue weighted by molar-refractivity contribution is 5.74. The minimum atomic E-state index is 0.548. The first-order chi connectivity index (χ1) is 12.7. The number of benzene rings is 1. The minimum Gasteiger partial charge on any atom is -0.480 e. The van der Waals surface area contributed by atoms with E-state index >= 15 is 0 Å². The fraction of sp³-hybridized carbons (Fsp3) is 0.278. The molecule has 0 amide bonds. The van der Waals surface area contributed by atoms with Gasteiger partial charge in [-0.1, -0.05) is 12.1 Å². The lowest BCUT2D eigenvalue weighted by atomic mass is 10.2. The van der Waals surface area contributed by atoms with Crippen LogP contribution in [0.15, 0.2) is 36.5 Å². The molecule has 26 heavy (non-hydrogen) atoms. The van der Waals surface area contributed by atoms with Gasteiger partial charge in [-0.15, -0.1) is 5.10 Å². The van der Waals surface area contributed by atoms with Crippen molar-refractivity contribution in [1.82, 2.24) is 34.5 Å². The van der Waals surface area contributed by atoms with E-state index in [9.17, 15) is 0 Å². The van der Waals surface area contributed by atoms with Crippen molar-refractivity contribution < 1.29 is 4.74 Å². The predicted octanol–water partition coefficient (Wildman–Crippen LogP) is 2.05. The first kappa shape index (κ1) is 16.2. The Morgan fingerprint density at radius 2 is 1.77 bits per heavy atom. The van der Waals surface area contributed by atoms with Gasteiger partial charge in [0.15, 0.2) is 5.82 Å². The van der Waals surface area contributed by atoms with Crippen LogP contribution in [0.25, 0.3) is 16.9 Å². The van der Waals surface area contributed by atoms with E-state index < -0.39 is 0 Å². The molecule has 0 N–H and O–H groups in total. The summed E-state index contributed by atoms with van der Waals surface area (Å²) in [5, 5.41) is 8.71. The number of aromatic nitrogens is 7. The number of rotatable bonds is 5. The highest BCUT2D eigenvalue weighted by Crippen LogP contribution is 2.20. The summed E-state index contributed by atoms with van der Waals surface area (Å²) < 4.78 is 9.03. The fourth-order valence-electron chi connectivity index (χ4n) is 2.96. The van der Waals surface area contributed by atoms with E-state index in [4.69, 9.17) is 9.72 Å². The third kappa shape index (κ3) is 2.90. The molecule has 0 aliphatic heterocycles. The third-order valence-corrected chi connectivity index (χ3v) is 4.18. The second-order valence-electron chi connectivity index (χ2n) is 5.97. The zero-order valence-electron chi connectivity index (χ0n) is 14.9. The minimum absolute atomic E-state index is 0.548. The topological polar surface area (TPSA) is 83.5 Å². The van der Waals surface area contributed by atoms with Crippen molar-refractivity contribution in [2.45, 2.75) is 19.8 Å². The van der Waals surface area contributed by atoms with Crippen molar-refractivity contribution in [2.75, 3.05) is 7.11 Å². The molecule has 0 fully saturated rings. The van der Waals surface area contributed by atoms with Gasteiger partial charge in [0.2, 0.25) is 5.88 Å². The molecule has 0 spiro atoms. The number of hydrogen-bond acceptors (Lipinski definition) is 6. The monoisotopic (exact) mass is 349 g/mol. The predicted molar refractivity (Wildman–Crippen MR) is 96.4 cm³/mol. The van der Waals surface area contributed by atoms with Crippen molar-refractivity contribution >= 4 is 11.0 Å². The van der Waals surface area contributed by atoms with Gasteiger partial charge in [0.25, 0.3) is 0 Å². The molecule has 0 saturated heterocycles. The van der Waals surface area contributed by atoms with E-state index in [1.54, 1.807) is 18.0 Å². The van der Waals surface area contributed by atoms with Gasteiger partial charge in [0, 0.05) is 26.0 Å². The molecule has 4 aromatic rings. The van der Waals surface area contributed by atoms with Crippen molar-refractivity contribution in [3.8, 4) is 11.7 Å². The maximum Gasteiger partial charge on any atom is 0.235 e. The van der Waals surface area contributed by atoms with Crippen LogP contribution in [-0.2, 0) is 19.9 Å². The normalized spacial score (nSPS) is 11.2. The Morgan fingerprint density at radius 1 is 1.00 bits per heavy atom. The van der Waals surface area contributed by atoms with Gasteiger partial charge in [-0.2, -0.15) is 9.78 Å². The lowest BCUT2D eigenvalue weighted by Crippen LogP contribution is -2.10. The fourth-order valence-corrected chi connectivity index (χ4v) is 2.96. The van der Waals surface area contributed by atoms with E-state index in [1.165, 1.54) is 0 Å². The van der Waals surface area contributed by atoms with Gasteiger partial charge < -0.3 is 4.74 Å². The second-order valence-corrected chi connectivity index (χ2v) is 5.97. The zero-order chi connectivity index (χ0) is 18.1. The molecule has 0 unspecified atom stereocenters. The summed E-state index contributed by atoms with van der Waals surface area (Å²) in [5.41, 5.74) is 2.48. The van der Waals surface area contributed by atoms with Crippen LogP contribution in [0.3, 0.4) is 0 Å². The van der Waals surface area contributed by atoms with Crippen molar-refractivity contribution in [1.29, 1.82) is 0 Å². The summed E-state index contributed by atoms with van der Waals surface area (Å²) in [7, 11) is 3.50. The lowest BCUT2D eigenvalue weighted by Gasteiger charge is -2.09. The maximum absolute atomic E-state index is 5.44. The van der Waals surface area contributed by atoms with Gasteiger partial charge in [-0.3, -0.25) is 4.68 Å². The van der Waals surface area contributed by atoms with Gasteiger partial charge >= 0.3 is 0 Å². The molecule has 8 heteroatoms. The van der Waals surface area contributed by atoms with Crippen LogP contribution >= 0.6 is 0 Å². The molecule has 0 bridgehead atoms. The molecule has 132 valence electrons. The Kier molecular flexibility index (Phi) is 4.08. The number of aryl methyl sites for hydroxylation is 4. The Morgan fingerprint density at radius 3 is 2.46 bits per heavy atom. The SMILES string of the molecule is COc1nc2ccccc2nc1CCc1nc(C)nn1-c1ccnn1C. The van der Waals surface area contributed by atoms with Gasteiger partial charge in [0.05, 0.1) is 24.3 Å². The standard InChI is InChI=1S/C18H19N7O/c1-12-20-16(25(23-12)17-10-11-19-24(17)2)9-8-15-18(26-3)22-14-7-5-4-6-13(14)21-15/h4-7,10-11H,8-9H2,1-3H3. The highest BCUT2D eigenvalue weighted by Gasteiger charge is 2.15. The van der Waals surface area contributed by atoms with Crippen molar-refractivity contribution in [3.05, 3.63) is 53.9 Å². The summed E-state index contributed by atoms with van der Waals surface area (Å²) in [6.07, 6.45) is 3.06. The Balaban J connectivity index is 1.66. The zero-order valence-corrected chi connectivity index (χ0v) is 14.9. The summed E-state index contributed by atoms with van der Waals surface area (Å²) in [4.78, 5) is 13.8. The Bertz CT molecular complexity index is 1070. The first-order valence-electron chi connectivity index (χ1n) is 8.36. The molecule has 3 heterocycles. The van der Waals surface area contributed by atoms with Crippen molar-refractivity contribution in [3.63, 3.8) is 0 Å². The van der Waals surface area contributed by atoms with E-state index in [-0.39, 0.29) is 0 Å². The third-order valence-electron chi connectivity index (χ3n) is 4.18. The molecule has 0 radical (unpaired) electrons. The van der Waals surface area contributed by atoms with Crippen LogP contribution in [0, 0.1) is 6.92 Å². The molecule has 1 aromatic carbocycles. The molecule has 8 nitrogen and oxygen atoms in total. The van der Waals surface area contributed by atoms with Crippen LogP contribution in [0.1, 0.15) is 17.3 Å². The van der Waals surface area contributed by atoms with Crippen LogP contribution in [0.4, 0.5) is 0 Å². The molecular formula is C18H19N7O. The number of hydrogen-bond donors (Lipinski definition) is 0. The van der Waals surface area contributed by atoms with Crippen molar-refractivity contribution in [2.24, 2.45) is 7.05 Å². The van der Waals surface area contributed by atoms with Crippen LogP contribution in [-0.4, -0.2) is 41.6 Å². The summed E-state index contributed by atoms with van der Waals surface area (Å²) in [6, 6.07) is 9.68.